The highest BCUT2D eigenvalue weighted by molar-refractivity contribution is 7.91. The number of nitrogens with one attached hydrogen (secondary N) is 1. The Bertz CT molecular complexity index is 1570. The number of carbonyl (C=O) groups is 1. The molecule has 2 aromatic carbocycles. The molecule has 4 aromatic rings. The first kappa shape index (κ1) is 21.6. The molecule has 1 saturated heterocycles. The van der Waals surface area contributed by atoms with Crippen LogP contribution >= 0.6 is 11.6 Å². The molecule has 0 amide bonds. The second kappa shape index (κ2) is 7.68. The second-order valence-electron chi connectivity index (χ2n) is 7.81. The zero-order chi connectivity index (χ0) is 23.5. The van der Waals surface area contributed by atoms with Crippen molar-refractivity contribution in [3.63, 3.8) is 0 Å². The van der Waals surface area contributed by atoms with Gasteiger partial charge in [-0.05, 0) is 36.8 Å². The summed E-state index contributed by atoms with van der Waals surface area (Å²) in [6.07, 6.45) is 0. The third-order valence-electron chi connectivity index (χ3n) is 5.74. The summed E-state index contributed by atoms with van der Waals surface area (Å²) in [7, 11) is -3.93. The first-order chi connectivity index (χ1) is 15.7. The van der Waals surface area contributed by atoms with Gasteiger partial charge in [-0.2, -0.15) is 13.1 Å². The summed E-state index contributed by atoms with van der Waals surface area (Å²) < 4.78 is 44.6. The summed E-state index contributed by atoms with van der Waals surface area (Å²) in [6.45, 7) is 1.68. The molecule has 8 nitrogen and oxygen atoms in total. The van der Waals surface area contributed by atoms with Crippen LogP contribution in [-0.2, 0) is 16.8 Å². The van der Waals surface area contributed by atoms with Crippen LogP contribution in [0.1, 0.15) is 21.6 Å². The maximum atomic E-state index is 14.6. The number of halogens is 2. The van der Waals surface area contributed by atoms with Crippen LogP contribution in [-0.4, -0.2) is 42.1 Å². The Kier molecular flexibility index (Phi) is 5.04. The molecular formula is C22H18ClFN4O4S. The summed E-state index contributed by atoms with van der Waals surface area (Å²) in [5.41, 5.74) is 1.44. The van der Waals surface area contributed by atoms with Crippen LogP contribution in [0.4, 0.5) is 10.1 Å². The van der Waals surface area contributed by atoms with E-state index in [-0.39, 0.29) is 47.2 Å². The standard InChI is InChI=1S/C22H18ClFN4O4S/c1-12-8-15-18(10-16(12)24)27(11-14-9-13-4-2-3-5-17(13)26-21(14)23)20(22(29)30)19(15)28-7-6-25-33(28,31)32/h2-5,8-10,25H,6-7,11H2,1H3,(H,29,30). The predicted molar refractivity (Wildman–Crippen MR) is 124 cm³/mol. The van der Waals surface area contributed by atoms with Gasteiger partial charge in [-0.15, -0.1) is 0 Å². The van der Waals surface area contributed by atoms with Crippen LogP contribution in [0.5, 0.6) is 0 Å². The van der Waals surface area contributed by atoms with Crippen molar-refractivity contribution in [1.82, 2.24) is 14.3 Å². The number of carboxylic acid groups (broad SMARTS) is 1. The minimum Gasteiger partial charge on any atom is -0.477 e. The van der Waals surface area contributed by atoms with E-state index in [1.165, 1.54) is 23.6 Å². The van der Waals surface area contributed by atoms with E-state index in [4.69, 9.17) is 11.6 Å². The van der Waals surface area contributed by atoms with E-state index in [2.05, 4.69) is 9.71 Å². The Morgan fingerprint density at radius 3 is 2.73 bits per heavy atom. The van der Waals surface area contributed by atoms with Crippen LogP contribution in [0.15, 0.2) is 42.5 Å². The van der Waals surface area contributed by atoms with Gasteiger partial charge in [-0.3, -0.25) is 4.31 Å². The number of hydrogen-bond donors (Lipinski definition) is 2. The lowest BCUT2D eigenvalue weighted by Gasteiger charge is -2.17. The molecule has 0 aliphatic carbocycles. The maximum absolute atomic E-state index is 14.6. The zero-order valence-corrected chi connectivity index (χ0v) is 18.9. The van der Waals surface area contributed by atoms with Crippen molar-refractivity contribution >= 4 is 55.3 Å². The molecule has 11 heteroatoms. The molecule has 0 unspecified atom stereocenters. The number of aryl methyl sites for hydroxylation is 1. The molecule has 2 aromatic heterocycles. The fraction of sp³-hybridized carbons (Fsp3) is 0.182. The number of anilines is 1. The Hall–Kier alpha value is -3.21. The number of pyridine rings is 1. The van der Waals surface area contributed by atoms with Gasteiger partial charge < -0.3 is 9.67 Å². The van der Waals surface area contributed by atoms with Crippen LogP contribution in [0.2, 0.25) is 5.15 Å². The normalized spacial score (nSPS) is 15.5. The van der Waals surface area contributed by atoms with Gasteiger partial charge in [0.1, 0.15) is 11.0 Å². The molecular weight excluding hydrogens is 471 g/mol. The number of rotatable bonds is 4. The van der Waals surface area contributed by atoms with Crippen molar-refractivity contribution in [2.24, 2.45) is 0 Å². The third kappa shape index (κ3) is 3.50. The molecule has 2 N–H and O–H groups in total. The van der Waals surface area contributed by atoms with Gasteiger partial charge in [0, 0.05) is 29.4 Å². The topological polar surface area (TPSA) is 105 Å². The Balaban J connectivity index is 1.80. The lowest BCUT2D eigenvalue weighted by atomic mass is 10.1. The third-order valence-corrected chi connectivity index (χ3v) is 7.58. The van der Waals surface area contributed by atoms with Gasteiger partial charge in [0.2, 0.25) is 0 Å². The largest absolute Gasteiger partial charge is 0.477 e. The number of carboxylic acids is 1. The minimum atomic E-state index is -3.93. The molecule has 33 heavy (non-hydrogen) atoms. The molecule has 0 bridgehead atoms. The molecule has 0 radical (unpaired) electrons. The van der Waals surface area contributed by atoms with Crippen molar-refractivity contribution in [2.45, 2.75) is 13.5 Å². The highest BCUT2D eigenvalue weighted by atomic mass is 35.5. The monoisotopic (exact) mass is 488 g/mol. The number of fused-ring (bicyclic) bond motifs is 2. The van der Waals surface area contributed by atoms with Crippen molar-refractivity contribution in [1.29, 1.82) is 0 Å². The second-order valence-corrected chi connectivity index (χ2v) is 9.85. The summed E-state index contributed by atoms with van der Waals surface area (Å²) in [5.74, 6) is -1.87. The minimum absolute atomic E-state index is 0.00419. The van der Waals surface area contributed by atoms with Crippen LogP contribution in [0.25, 0.3) is 21.8 Å². The molecule has 0 saturated carbocycles. The molecule has 3 heterocycles. The summed E-state index contributed by atoms with van der Waals surface area (Å²) >= 11 is 6.41. The van der Waals surface area contributed by atoms with Crippen LogP contribution < -0.4 is 9.03 Å². The van der Waals surface area contributed by atoms with E-state index < -0.39 is 22.0 Å². The van der Waals surface area contributed by atoms with Crippen molar-refractivity contribution in [2.75, 3.05) is 17.4 Å². The first-order valence-corrected chi connectivity index (χ1v) is 11.9. The molecule has 1 aliphatic heterocycles. The van der Waals surface area contributed by atoms with Gasteiger partial charge in [-0.1, -0.05) is 29.8 Å². The predicted octanol–water partition coefficient (Wildman–Crippen LogP) is 3.69. The zero-order valence-electron chi connectivity index (χ0n) is 17.3. The van der Waals surface area contributed by atoms with Gasteiger partial charge in [0.25, 0.3) is 0 Å². The summed E-state index contributed by atoms with van der Waals surface area (Å²) in [4.78, 5) is 16.8. The number of nitrogens with zero attached hydrogens (tertiary/aromatic N) is 3. The van der Waals surface area contributed by atoms with E-state index in [1.54, 1.807) is 12.1 Å². The first-order valence-electron chi connectivity index (χ1n) is 10.0. The maximum Gasteiger partial charge on any atom is 0.354 e. The lowest BCUT2D eigenvalue weighted by Crippen LogP contribution is -2.30. The average molecular weight is 489 g/mol. The van der Waals surface area contributed by atoms with E-state index in [0.717, 1.165) is 9.69 Å². The molecule has 0 spiro atoms. The van der Waals surface area contributed by atoms with E-state index in [9.17, 15) is 22.7 Å². The average Bonchev–Trinajstić information content (AvgIpc) is 3.25. The summed E-state index contributed by atoms with van der Waals surface area (Å²) in [6, 6.07) is 11.8. The Morgan fingerprint density at radius 2 is 2.03 bits per heavy atom. The fourth-order valence-electron chi connectivity index (χ4n) is 4.22. The van der Waals surface area contributed by atoms with Crippen LogP contribution in [0, 0.1) is 12.7 Å². The van der Waals surface area contributed by atoms with Gasteiger partial charge in [0.05, 0.1) is 23.3 Å². The molecule has 0 atom stereocenters. The smallest absolute Gasteiger partial charge is 0.354 e. The SMILES string of the molecule is Cc1cc2c(N3CCNS3(=O)=O)c(C(=O)O)n(Cc3cc4ccccc4nc3Cl)c2cc1F. The molecule has 5 rings (SSSR count). The molecule has 1 fully saturated rings. The number of benzene rings is 2. The molecule has 170 valence electrons. The van der Waals surface area contributed by atoms with Crippen molar-refractivity contribution < 1.29 is 22.7 Å². The summed E-state index contributed by atoms with van der Waals surface area (Å²) in [5, 5.41) is 11.4. The number of aromatic nitrogens is 2. The van der Waals surface area contributed by atoms with Crippen molar-refractivity contribution in [3.8, 4) is 0 Å². The lowest BCUT2D eigenvalue weighted by molar-refractivity contribution is 0.0687. The highest BCUT2D eigenvalue weighted by Crippen LogP contribution is 2.38. The Morgan fingerprint density at radius 1 is 1.27 bits per heavy atom. The van der Waals surface area contributed by atoms with E-state index in [0.29, 0.717) is 16.5 Å². The van der Waals surface area contributed by atoms with Gasteiger partial charge >= 0.3 is 16.2 Å². The quantitative estimate of drug-likeness (QED) is 0.426. The number of hydrogen-bond acceptors (Lipinski definition) is 4. The van der Waals surface area contributed by atoms with Crippen LogP contribution in [0.3, 0.4) is 0 Å². The highest BCUT2D eigenvalue weighted by Gasteiger charge is 2.36. The Labute approximate surface area is 193 Å². The van der Waals surface area contributed by atoms with Gasteiger partial charge in [-0.25, -0.2) is 14.2 Å². The fourth-order valence-corrected chi connectivity index (χ4v) is 5.68. The van der Waals surface area contributed by atoms with E-state index in [1.807, 2.05) is 18.2 Å². The molecule has 1 aliphatic rings. The van der Waals surface area contributed by atoms with Crippen molar-refractivity contribution in [3.05, 3.63) is 70.3 Å². The number of aromatic carboxylic acids is 1. The number of para-hydroxylation sites is 1. The van der Waals surface area contributed by atoms with E-state index >= 15 is 0 Å². The van der Waals surface area contributed by atoms with Gasteiger partial charge in [0.15, 0.2) is 5.69 Å².